The number of aliphatic hydroxyl groups is 1. The highest BCUT2D eigenvalue weighted by Crippen LogP contribution is 2.47. The third kappa shape index (κ3) is 2.62. The number of rotatable bonds is 5. The molecule has 5 heteroatoms. The SMILES string of the molecule is NC(CO)C(=O)NCC1(c2cccnc2)CC1. The van der Waals surface area contributed by atoms with Crippen LogP contribution in [0.5, 0.6) is 0 Å². The van der Waals surface area contributed by atoms with E-state index in [-0.39, 0.29) is 17.9 Å². The lowest BCUT2D eigenvalue weighted by atomic mass is 9.98. The molecule has 1 saturated carbocycles. The topological polar surface area (TPSA) is 88.2 Å². The van der Waals surface area contributed by atoms with Gasteiger partial charge in [-0.1, -0.05) is 6.07 Å². The number of pyridine rings is 1. The molecule has 92 valence electrons. The summed E-state index contributed by atoms with van der Waals surface area (Å²) in [7, 11) is 0. The molecule has 1 aromatic rings. The fraction of sp³-hybridized carbons (Fsp3) is 0.500. The van der Waals surface area contributed by atoms with Crippen molar-refractivity contribution >= 4 is 5.91 Å². The number of carbonyl (C=O) groups is 1. The predicted molar refractivity (Wildman–Crippen MR) is 63.2 cm³/mol. The Bertz CT molecular complexity index is 390. The number of nitrogens with two attached hydrogens (primary N) is 1. The van der Waals surface area contributed by atoms with E-state index in [1.165, 1.54) is 0 Å². The minimum atomic E-state index is -0.834. The van der Waals surface area contributed by atoms with Gasteiger partial charge in [-0.05, 0) is 24.5 Å². The molecule has 0 spiro atoms. The van der Waals surface area contributed by atoms with Gasteiger partial charge in [0.1, 0.15) is 6.04 Å². The molecule has 0 aliphatic heterocycles. The van der Waals surface area contributed by atoms with Gasteiger partial charge in [-0.2, -0.15) is 0 Å². The highest BCUT2D eigenvalue weighted by atomic mass is 16.3. The van der Waals surface area contributed by atoms with E-state index in [4.69, 9.17) is 10.8 Å². The number of nitrogens with zero attached hydrogens (tertiary/aromatic N) is 1. The third-order valence-corrected chi connectivity index (χ3v) is 3.26. The maximum Gasteiger partial charge on any atom is 0.239 e. The Kier molecular flexibility index (Phi) is 3.40. The largest absolute Gasteiger partial charge is 0.394 e. The molecule has 4 N–H and O–H groups in total. The maximum atomic E-state index is 11.5. The Hall–Kier alpha value is -1.46. The van der Waals surface area contributed by atoms with Gasteiger partial charge in [0, 0.05) is 24.4 Å². The summed E-state index contributed by atoms with van der Waals surface area (Å²) < 4.78 is 0. The maximum absolute atomic E-state index is 11.5. The van der Waals surface area contributed by atoms with Gasteiger partial charge >= 0.3 is 0 Å². The van der Waals surface area contributed by atoms with Crippen molar-refractivity contribution in [2.45, 2.75) is 24.3 Å². The summed E-state index contributed by atoms with van der Waals surface area (Å²) in [5.41, 5.74) is 6.61. The van der Waals surface area contributed by atoms with E-state index in [9.17, 15) is 4.79 Å². The smallest absolute Gasteiger partial charge is 0.239 e. The molecule has 1 heterocycles. The van der Waals surface area contributed by atoms with Gasteiger partial charge in [-0.25, -0.2) is 0 Å². The first-order valence-corrected chi connectivity index (χ1v) is 5.73. The van der Waals surface area contributed by atoms with Crippen LogP contribution in [-0.4, -0.2) is 35.2 Å². The summed E-state index contributed by atoms with van der Waals surface area (Å²) in [4.78, 5) is 15.6. The number of nitrogens with one attached hydrogen (secondary N) is 1. The first kappa shape index (κ1) is 12.0. The monoisotopic (exact) mass is 235 g/mol. The Labute approximate surface area is 100 Å². The Morgan fingerprint density at radius 1 is 1.65 bits per heavy atom. The summed E-state index contributed by atoms with van der Waals surface area (Å²) in [6.07, 6.45) is 5.67. The normalized spacial score (nSPS) is 18.5. The molecule has 1 fully saturated rings. The molecular formula is C12H17N3O2. The van der Waals surface area contributed by atoms with Crippen molar-refractivity contribution in [3.05, 3.63) is 30.1 Å². The van der Waals surface area contributed by atoms with Crippen LogP contribution < -0.4 is 11.1 Å². The molecule has 0 radical (unpaired) electrons. The zero-order chi connectivity index (χ0) is 12.3. The summed E-state index contributed by atoms with van der Waals surface area (Å²) in [6.45, 7) is 0.233. The van der Waals surface area contributed by atoms with Gasteiger partial charge in [0.2, 0.25) is 5.91 Å². The molecule has 0 bridgehead atoms. The molecule has 1 amide bonds. The van der Waals surface area contributed by atoms with Crippen LogP contribution in [0, 0.1) is 0 Å². The van der Waals surface area contributed by atoms with Crippen LogP contribution in [0.1, 0.15) is 18.4 Å². The lowest BCUT2D eigenvalue weighted by molar-refractivity contribution is -0.123. The summed E-state index contributed by atoms with van der Waals surface area (Å²) in [6, 6.07) is 3.09. The van der Waals surface area contributed by atoms with Crippen molar-refractivity contribution in [3.63, 3.8) is 0 Å². The lowest BCUT2D eigenvalue weighted by Gasteiger charge is -2.17. The molecule has 0 aromatic carbocycles. The van der Waals surface area contributed by atoms with Crippen LogP contribution in [0.15, 0.2) is 24.5 Å². The number of aromatic nitrogens is 1. The highest BCUT2D eigenvalue weighted by molar-refractivity contribution is 5.81. The van der Waals surface area contributed by atoms with Gasteiger partial charge in [0.05, 0.1) is 6.61 Å². The molecule has 1 atom stereocenters. The predicted octanol–water partition coefficient (Wildman–Crippen LogP) is -0.451. The minimum absolute atomic E-state index is 0.0269. The first-order valence-electron chi connectivity index (χ1n) is 5.73. The fourth-order valence-corrected chi connectivity index (χ4v) is 1.87. The van der Waals surface area contributed by atoms with Crippen molar-refractivity contribution in [1.82, 2.24) is 10.3 Å². The van der Waals surface area contributed by atoms with E-state index >= 15 is 0 Å². The van der Waals surface area contributed by atoms with Gasteiger partial charge < -0.3 is 16.2 Å². The average Bonchev–Trinajstić information content (AvgIpc) is 3.17. The highest BCUT2D eigenvalue weighted by Gasteiger charge is 2.44. The van der Waals surface area contributed by atoms with Crippen molar-refractivity contribution < 1.29 is 9.90 Å². The fourth-order valence-electron chi connectivity index (χ4n) is 1.87. The molecule has 1 unspecified atom stereocenters. The molecular weight excluding hydrogens is 218 g/mol. The zero-order valence-electron chi connectivity index (χ0n) is 9.60. The van der Waals surface area contributed by atoms with Gasteiger partial charge in [0.25, 0.3) is 0 Å². The van der Waals surface area contributed by atoms with E-state index in [1.807, 2.05) is 18.3 Å². The zero-order valence-corrected chi connectivity index (χ0v) is 9.60. The Balaban J connectivity index is 1.94. The number of hydrogen-bond donors (Lipinski definition) is 3. The van der Waals surface area contributed by atoms with E-state index in [0.29, 0.717) is 6.54 Å². The molecule has 2 rings (SSSR count). The number of hydrogen-bond acceptors (Lipinski definition) is 4. The van der Waals surface area contributed by atoms with Crippen LogP contribution >= 0.6 is 0 Å². The summed E-state index contributed by atoms with van der Waals surface area (Å²) in [5, 5.41) is 11.6. The second kappa shape index (κ2) is 4.81. The summed E-state index contributed by atoms with van der Waals surface area (Å²) >= 11 is 0. The Morgan fingerprint density at radius 3 is 2.94 bits per heavy atom. The summed E-state index contributed by atoms with van der Waals surface area (Å²) in [5.74, 6) is -0.303. The van der Waals surface area contributed by atoms with Crippen LogP contribution in [0.3, 0.4) is 0 Å². The van der Waals surface area contributed by atoms with Crippen LogP contribution in [0.4, 0.5) is 0 Å². The molecule has 1 aromatic heterocycles. The first-order chi connectivity index (χ1) is 8.18. The molecule has 1 aliphatic carbocycles. The van der Waals surface area contributed by atoms with Crippen molar-refractivity contribution in [3.8, 4) is 0 Å². The molecule has 17 heavy (non-hydrogen) atoms. The van der Waals surface area contributed by atoms with Crippen molar-refractivity contribution in [2.75, 3.05) is 13.2 Å². The molecule has 5 nitrogen and oxygen atoms in total. The van der Waals surface area contributed by atoms with Crippen molar-refractivity contribution in [1.29, 1.82) is 0 Å². The third-order valence-electron chi connectivity index (χ3n) is 3.26. The van der Waals surface area contributed by atoms with Gasteiger partial charge in [-0.3, -0.25) is 9.78 Å². The van der Waals surface area contributed by atoms with Crippen molar-refractivity contribution in [2.24, 2.45) is 5.73 Å². The number of aliphatic hydroxyl groups excluding tert-OH is 1. The van der Waals surface area contributed by atoms with Gasteiger partial charge in [-0.15, -0.1) is 0 Å². The van der Waals surface area contributed by atoms with Crippen LogP contribution in [0.2, 0.25) is 0 Å². The molecule has 1 aliphatic rings. The Morgan fingerprint density at radius 2 is 2.41 bits per heavy atom. The quantitative estimate of drug-likeness (QED) is 0.645. The molecule has 0 saturated heterocycles. The van der Waals surface area contributed by atoms with Crippen LogP contribution in [0.25, 0.3) is 0 Å². The lowest BCUT2D eigenvalue weighted by Crippen LogP contribution is -2.45. The van der Waals surface area contributed by atoms with E-state index < -0.39 is 6.04 Å². The second-order valence-corrected chi connectivity index (χ2v) is 4.53. The van der Waals surface area contributed by atoms with E-state index in [2.05, 4.69) is 10.3 Å². The standard InChI is InChI=1S/C12H17N3O2/c13-10(7-16)11(17)15-8-12(3-4-12)9-2-1-5-14-6-9/h1-2,5-6,10,16H,3-4,7-8,13H2,(H,15,17). The van der Waals surface area contributed by atoms with Crippen LogP contribution in [-0.2, 0) is 10.2 Å². The van der Waals surface area contributed by atoms with E-state index in [0.717, 1.165) is 18.4 Å². The van der Waals surface area contributed by atoms with Gasteiger partial charge in [0.15, 0.2) is 0 Å². The average molecular weight is 235 g/mol. The second-order valence-electron chi connectivity index (χ2n) is 4.53. The minimum Gasteiger partial charge on any atom is -0.394 e. The number of carbonyl (C=O) groups excluding carboxylic acids is 1. The number of amides is 1. The van der Waals surface area contributed by atoms with E-state index in [1.54, 1.807) is 6.20 Å².